The number of aromatic nitrogens is 2. The molecule has 2 fully saturated rings. The molecule has 2 aliphatic heterocycles. The average molecular weight is 289 g/mol. The van der Waals surface area contributed by atoms with Crippen molar-refractivity contribution in [2.24, 2.45) is 5.92 Å². The Kier molecular flexibility index (Phi) is 4.58. The number of hydrogen-bond donors (Lipinski definition) is 0. The van der Waals surface area contributed by atoms with Gasteiger partial charge in [0.15, 0.2) is 0 Å². The molecule has 2 aliphatic rings. The summed E-state index contributed by atoms with van der Waals surface area (Å²) in [4.78, 5) is 16.5. The van der Waals surface area contributed by atoms with E-state index in [9.17, 15) is 0 Å². The molecule has 0 aliphatic carbocycles. The molecule has 1 unspecified atom stereocenters. The fourth-order valence-corrected chi connectivity index (χ4v) is 3.33. The first-order valence-electron chi connectivity index (χ1n) is 8.31. The molecule has 0 aromatic carbocycles. The Hall–Kier alpha value is -1.36. The fraction of sp³-hybridized carbons (Fsp3) is 0.750. The van der Waals surface area contributed by atoms with Crippen LogP contribution in [0, 0.1) is 5.92 Å². The van der Waals surface area contributed by atoms with Gasteiger partial charge in [0.25, 0.3) is 0 Å². The van der Waals surface area contributed by atoms with E-state index in [1.54, 1.807) is 0 Å². The van der Waals surface area contributed by atoms with Crippen LogP contribution in [0.4, 0.5) is 11.8 Å². The summed E-state index contributed by atoms with van der Waals surface area (Å²) in [5.74, 6) is 2.77. The van der Waals surface area contributed by atoms with E-state index >= 15 is 0 Å². The predicted octanol–water partition coefficient (Wildman–Crippen LogP) is 1.85. The standard InChI is InChI=1S/C16H27N5/c1-3-19-9-11-20(12-10-19)16-17-7-6-15(18-16)21-8-4-5-14(2)13-21/h6-7,14H,3-5,8-13H2,1-2H3. The Morgan fingerprint density at radius 2 is 1.95 bits per heavy atom. The number of hydrogen-bond acceptors (Lipinski definition) is 5. The third kappa shape index (κ3) is 3.46. The molecule has 5 nitrogen and oxygen atoms in total. The molecule has 0 spiro atoms. The number of anilines is 2. The van der Waals surface area contributed by atoms with Crippen LogP contribution in [0.2, 0.25) is 0 Å². The quantitative estimate of drug-likeness (QED) is 0.848. The van der Waals surface area contributed by atoms with E-state index in [-0.39, 0.29) is 0 Å². The zero-order chi connectivity index (χ0) is 14.7. The minimum Gasteiger partial charge on any atom is -0.356 e. The van der Waals surface area contributed by atoms with Gasteiger partial charge in [0.2, 0.25) is 5.95 Å². The maximum Gasteiger partial charge on any atom is 0.227 e. The van der Waals surface area contributed by atoms with E-state index in [0.717, 1.165) is 63.5 Å². The third-order valence-electron chi connectivity index (χ3n) is 4.71. The van der Waals surface area contributed by atoms with Crippen molar-refractivity contribution >= 4 is 11.8 Å². The Morgan fingerprint density at radius 1 is 1.14 bits per heavy atom. The summed E-state index contributed by atoms with van der Waals surface area (Å²) in [5, 5.41) is 0. The zero-order valence-electron chi connectivity index (χ0n) is 13.3. The van der Waals surface area contributed by atoms with Crippen molar-refractivity contribution in [2.45, 2.75) is 26.7 Å². The van der Waals surface area contributed by atoms with Gasteiger partial charge < -0.3 is 14.7 Å². The normalized spacial score (nSPS) is 24.4. The van der Waals surface area contributed by atoms with E-state index in [0.29, 0.717) is 0 Å². The molecule has 0 N–H and O–H groups in total. The number of rotatable bonds is 3. The first kappa shape index (κ1) is 14.6. The molecule has 3 heterocycles. The van der Waals surface area contributed by atoms with Crippen molar-refractivity contribution in [1.82, 2.24) is 14.9 Å². The van der Waals surface area contributed by atoms with Gasteiger partial charge in [0.05, 0.1) is 0 Å². The van der Waals surface area contributed by atoms with Crippen LogP contribution in [0.1, 0.15) is 26.7 Å². The largest absolute Gasteiger partial charge is 0.356 e. The van der Waals surface area contributed by atoms with Gasteiger partial charge in [-0.25, -0.2) is 4.98 Å². The van der Waals surface area contributed by atoms with Crippen molar-refractivity contribution in [3.05, 3.63) is 12.3 Å². The molecule has 1 aromatic rings. The number of piperidine rings is 1. The monoisotopic (exact) mass is 289 g/mol. The summed E-state index contributed by atoms with van der Waals surface area (Å²) in [7, 11) is 0. The van der Waals surface area contributed by atoms with E-state index in [1.165, 1.54) is 12.8 Å². The van der Waals surface area contributed by atoms with Crippen molar-refractivity contribution < 1.29 is 0 Å². The number of likely N-dealkylation sites (N-methyl/N-ethyl adjacent to an activating group) is 1. The van der Waals surface area contributed by atoms with Gasteiger partial charge in [0.1, 0.15) is 5.82 Å². The first-order valence-corrected chi connectivity index (χ1v) is 8.31. The second-order valence-electron chi connectivity index (χ2n) is 6.33. The van der Waals surface area contributed by atoms with E-state index in [2.05, 4.69) is 39.6 Å². The predicted molar refractivity (Wildman–Crippen MR) is 87.0 cm³/mol. The highest BCUT2D eigenvalue weighted by atomic mass is 15.3. The molecule has 0 radical (unpaired) electrons. The molecule has 1 atom stereocenters. The van der Waals surface area contributed by atoms with Crippen LogP contribution in [-0.4, -0.2) is 60.7 Å². The van der Waals surface area contributed by atoms with Crippen LogP contribution in [0.3, 0.4) is 0 Å². The highest BCUT2D eigenvalue weighted by molar-refractivity contribution is 5.44. The van der Waals surface area contributed by atoms with Crippen LogP contribution in [-0.2, 0) is 0 Å². The summed E-state index contributed by atoms with van der Waals surface area (Å²) in [6.07, 6.45) is 4.53. The van der Waals surface area contributed by atoms with Gasteiger partial charge in [-0.15, -0.1) is 0 Å². The third-order valence-corrected chi connectivity index (χ3v) is 4.71. The van der Waals surface area contributed by atoms with Gasteiger partial charge in [0, 0.05) is 45.5 Å². The summed E-state index contributed by atoms with van der Waals surface area (Å²) < 4.78 is 0. The van der Waals surface area contributed by atoms with Gasteiger partial charge in [-0.05, 0) is 31.4 Å². The molecule has 0 amide bonds. The minimum atomic E-state index is 0.769. The first-order chi connectivity index (χ1) is 10.3. The topological polar surface area (TPSA) is 35.5 Å². The molecule has 2 saturated heterocycles. The Bertz CT molecular complexity index is 456. The lowest BCUT2D eigenvalue weighted by Gasteiger charge is -2.35. The van der Waals surface area contributed by atoms with Gasteiger partial charge >= 0.3 is 0 Å². The highest BCUT2D eigenvalue weighted by Gasteiger charge is 2.21. The van der Waals surface area contributed by atoms with Gasteiger partial charge in [-0.3, -0.25) is 0 Å². The molecule has 1 aromatic heterocycles. The minimum absolute atomic E-state index is 0.769. The second kappa shape index (κ2) is 6.60. The SMILES string of the molecule is CCN1CCN(c2nccc(N3CCCC(C)C3)n2)CC1. The van der Waals surface area contributed by atoms with E-state index in [1.807, 2.05) is 6.20 Å². The lowest BCUT2D eigenvalue weighted by Crippen LogP contribution is -2.47. The molecular weight excluding hydrogens is 262 g/mol. The highest BCUT2D eigenvalue weighted by Crippen LogP contribution is 2.22. The molecular formula is C16H27N5. The Morgan fingerprint density at radius 3 is 2.67 bits per heavy atom. The van der Waals surface area contributed by atoms with Crippen LogP contribution < -0.4 is 9.80 Å². The Balaban J connectivity index is 1.68. The molecule has 0 bridgehead atoms. The van der Waals surface area contributed by atoms with Crippen molar-refractivity contribution in [3.8, 4) is 0 Å². The zero-order valence-corrected chi connectivity index (χ0v) is 13.3. The summed E-state index contributed by atoms with van der Waals surface area (Å²) in [5.41, 5.74) is 0. The molecule has 3 rings (SSSR count). The fourth-order valence-electron chi connectivity index (χ4n) is 3.33. The van der Waals surface area contributed by atoms with E-state index < -0.39 is 0 Å². The second-order valence-corrected chi connectivity index (χ2v) is 6.33. The molecule has 21 heavy (non-hydrogen) atoms. The number of piperazine rings is 1. The average Bonchev–Trinajstić information content (AvgIpc) is 2.55. The lowest BCUT2D eigenvalue weighted by molar-refractivity contribution is 0.270. The van der Waals surface area contributed by atoms with E-state index in [4.69, 9.17) is 4.98 Å². The smallest absolute Gasteiger partial charge is 0.227 e. The number of nitrogens with zero attached hydrogens (tertiary/aromatic N) is 5. The Labute approximate surface area is 128 Å². The van der Waals surface area contributed by atoms with Crippen molar-refractivity contribution in [2.75, 3.05) is 55.6 Å². The summed E-state index contributed by atoms with van der Waals surface area (Å²) in [6.45, 7) is 12.3. The van der Waals surface area contributed by atoms with Crippen LogP contribution >= 0.6 is 0 Å². The van der Waals surface area contributed by atoms with Crippen molar-refractivity contribution in [3.63, 3.8) is 0 Å². The molecule has 0 saturated carbocycles. The molecule has 116 valence electrons. The van der Waals surface area contributed by atoms with Crippen LogP contribution in [0.25, 0.3) is 0 Å². The maximum atomic E-state index is 4.83. The lowest BCUT2D eigenvalue weighted by atomic mass is 10.0. The summed E-state index contributed by atoms with van der Waals surface area (Å²) in [6, 6.07) is 2.06. The van der Waals surface area contributed by atoms with Gasteiger partial charge in [-0.1, -0.05) is 13.8 Å². The molecule has 5 heteroatoms. The van der Waals surface area contributed by atoms with Crippen molar-refractivity contribution in [1.29, 1.82) is 0 Å². The summed E-state index contributed by atoms with van der Waals surface area (Å²) >= 11 is 0. The van der Waals surface area contributed by atoms with Gasteiger partial charge in [-0.2, -0.15) is 4.98 Å². The van der Waals surface area contributed by atoms with Crippen LogP contribution in [0.15, 0.2) is 12.3 Å². The maximum absolute atomic E-state index is 4.83. The van der Waals surface area contributed by atoms with Crippen LogP contribution in [0.5, 0.6) is 0 Å².